The fourth-order valence-corrected chi connectivity index (χ4v) is 3.16. The Morgan fingerprint density at radius 3 is 2.17 bits per heavy atom. The van der Waals surface area contributed by atoms with Gasteiger partial charge in [-0.3, -0.25) is 4.79 Å². The maximum Gasteiger partial charge on any atom is 0.264 e. The molecule has 0 fully saturated rings. The molecule has 0 atom stereocenters. The molecule has 0 bridgehead atoms. The monoisotopic (exact) mass is 363 g/mol. The van der Waals surface area contributed by atoms with Gasteiger partial charge in [0.1, 0.15) is 0 Å². The molecule has 0 saturated heterocycles. The SMILES string of the molecule is CC(=O)NS(=O)(=O)c1ccc(N(C)C(=S)Nc2ccccc2)cc1. The molecule has 2 N–H and O–H groups in total. The van der Waals surface area contributed by atoms with Gasteiger partial charge in [0.05, 0.1) is 4.90 Å². The summed E-state index contributed by atoms with van der Waals surface area (Å²) in [5, 5.41) is 3.56. The standard InChI is InChI=1S/C16H17N3O3S2/c1-12(20)18-24(21,22)15-10-8-14(9-11-15)19(2)16(23)17-13-6-4-3-5-7-13/h3-11H,1-2H3,(H,17,23)(H,18,20). The Labute approximate surface area is 146 Å². The molecular weight excluding hydrogens is 346 g/mol. The van der Waals surface area contributed by atoms with Crippen LogP contribution in [0.4, 0.5) is 11.4 Å². The highest BCUT2D eigenvalue weighted by molar-refractivity contribution is 7.90. The first kappa shape index (κ1) is 17.9. The Bertz CT molecular complexity index is 835. The van der Waals surface area contributed by atoms with Crippen LogP contribution >= 0.6 is 12.2 Å². The highest BCUT2D eigenvalue weighted by Crippen LogP contribution is 2.18. The lowest BCUT2D eigenvalue weighted by molar-refractivity contribution is -0.117. The summed E-state index contributed by atoms with van der Waals surface area (Å²) in [6.07, 6.45) is 0. The lowest BCUT2D eigenvalue weighted by atomic mass is 10.3. The third-order valence-electron chi connectivity index (χ3n) is 3.14. The molecule has 2 aromatic rings. The van der Waals surface area contributed by atoms with E-state index in [1.165, 1.54) is 12.1 Å². The molecule has 0 aliphatic rings. The maximum absolute atomic E-state index is 11.9. The minimum absolute atomic E-state index is 0.0109. The van der Waals surface area contributed by atoms with Crippen LogP contribution in [0.3, 0.4) is 0 Å². The van der Waals surface area contributed by atoms with Gasteiger partial charge < -0.3 is 10.2 Å². The van der Waals surface area contributed by atoms with E-state index in [4.69, 9.17) is 12.2 Å². The first-order valence-electron chi connectivity index (χ1n) is 7.03. The Hall–Kier alpha value is -2.45. The minimum Gasteiger partial charge on any atom is -0.332 e. The van der Waals surface area contributed by atoms with Crippen molar-refractivity contribution in [2.75, 3.05) is 17.3 Å². The zero-order valence-corrected chi connectivity index (χ0v) is 14.8. The van der Waals surface area contributed by atoms with E-state index in [0.29, 0.717) is 10.8 Å². The summed E-state index contributed by atoms with van der Waals surface area (Å²) in [6, 6.07) is 15.6. The fraction of sp³-hybridized carbons (Fsp3) is 0.125. The summed E-state index contributed by atoms with van der Waals surface area (Å²) in [7, 11) is -2.06. The normalized spacial score (nSPS) is 10.8. The Balaban J connectivity index is 2.12. The van der Waals surface area contributed by atoms with Gasteiger partial charge in [0.25, 0.3) is 10.0 Å². The molecule has 0 heterocycles. The molecule has 6 nitrogen and oxygen atoms in total. The van der Waals surface area contributed by atoms with E-state index in [1.54, 1.807) is 24.1 Å². The molecular formula is C16H17N3O3S2. The first-order chi connectivity index (χ1) is 11.3. The number of rotatable bonds is 4. The van der Waals surface area contributed by atoms with Crippen molar-refractivity contribution in [3.8, 4) is 0 Å². The predicted octanol–water partition coefficient (Wildman–Crippen LogP) is 2.34. The van der Waals surface area contributed by atoms with Gasteiger partial charge in [-0.2, -0.15) is 0 Å². The van der Waals surface area contributed by atoms with Crippen molar-refractivity contribution in [3.63, 3.8) is 0 Å². The third kappa shape index (κ3) is 4.53. The van der Waals surface area contributed by atoms with Crippen LogP contribution in [-0.2, 0) is 14.8 Å². The first-order valence-corrected chi connectivity index (χ1v) is 8.92. The second kappa shape index (κ2) is 7.41. The lowest BCUT2D eigenvalue weighted by Gasteiger charge is -2.21. The van der Waals surface area contributed by atoms with E-state index in [0.717, 1.165) is 12.6 Å². The topological polar surface area (TPSA) is 78.5 Å². The molecule has 0 aromatic heterocycles. The quantitative estimate of drug-likeness (QED) is 0.812. The Kier molecular flexibility index (Phi) is 5.53. The molecule has 0 spiro atoms. The number of benzene rings is 2. The smallest absolute Gasteiger partial charge is 0.264 e. The van der Waals surface area contributed by atoms with E-state index in [9.17, 15) is 13.2 Å². The van der Waals surface area contributed by atoms with Crippen LogP contribution in [0.5, 0.6) is 0 Å². The van der Waals surface area contributed by atoms with Crippen molar-refractivity contribution in [2.45, 2.75) is 11.8 Å². The van der Waals surface area contributed by atoms with Crippen LogP contribution in [-0.4, -0.2) is 26.5 Å². The van der Waals surface area contributed by atoms with Crippen molar-refractivity contribution in [2.24, 2.45) is 0 Å². The molecule has 0 aliphatic carbocycles. The van der Waals surface area contributed by atoms with Gasteiger partial charge in [-0.25, -0.2) is 13.1 Å². The summed E-state index contributed by atoms with van der Waals surface area (Å²) in [5.74, 6) is -0.635. The number of nitrogens with zero attached hydrogens (tertiary/aromatic N) is 1. The summed E-state index contributed by atoms with van der Waals surface area (Å²) >= 11 is 5.34. The van der Waals surface area contributed by atoms with Crippen LogP contribution in [0.15, 0.2) is 59.5 Å². The molecule has 0 aliphatic heterocycles. The molecule has 8 heteroatoms. The number of hydrogen-bond acceptors (Lipinski definition) is 4. The number of anilines is 2. The largest absolute Gasteiger partial charge is 0.332 e. The number of sulfonamides is 1. The molecule has 0 saturated carbocycles. The average molecular weight is 363 g/mol. The zero-order valence-electron chi connectivity index (χ0n) is 13.2. The van der Waals surface area contributed by atoms with Gasteiger partial charge >= 0.3 is 0 Å². The number of amides is 1. The van der Waals surface area contributed by atoms with E-state index < -0.39 is 15.9 Å². The van der Waals surface area contributed by atoms with Crippen molar-refractivity contribution >= 4 is 44.6 Å². The van der Waals surface area contributed by atoms with E-state index >= 15 is 0 Å². The van der Waals surface area contributed by atoms with Gasteiger partial charge in [0, 0.05) is 25.3 Å². The average Bonchev–Trinajstić information content (AvgIpc) is 2.54. The Morgan fingerprint density at radius 1 is 1.04 bits per heavy atom. The lowest BCUT2D eigenvalue weighted by Crippen LogP contribution is -2.31. The van der Waals surface area contributed by atoms with E-state index in [-0.39, 0.29) is 4.90 Å². The minimum atomic E-state index is -3.84. The highest BCUT2D eigenvalue weighted by Gasteiger charge is 2.16. The number of carbonyl (C=O) groups is 1. The van der Waals surface area contributed by atoms with Crippen LogP contribution in [0, 0.1) is 0 Å². The van der Waals surface area contributed by atoms with Crippen LogP contribution in [0.25, 0.3) is 0 Å². The summed E-state index contributed by atoms with van der Waals surface area (Å²) in [5.41, 5.74) is 1.57. The van der Waals surface area contributed by atoms with E-state index in [2.05, 4.69) is 5.32 Å². The van der Waals surface area contributed by atoms with Gasteiger partial charge in [-0.05, 0) is 48.6 Å². The maximum atomic E-state index is 11.9. The number of hydrogen-bond donors (Lipinski definition) is 2. The van der Waals surface area contributed by atoms with E-state index in [1.807, 2.05) is 35.1 Å². The summed E-state index contributed by atoms with van der Waals surface area (Å²) in [4.78, 5) is 12.7. The van der Waals surface area contributed by atoms with Crippen molar-refractivity contribution in [1.82, 2.24) is 4.72 Å². The molecule has 0 radical (unpaired) electrons. The van der Waals surface area contributed by atoms with Gasteiger partial charge in [-0.15, -0.1) is 0 Å². The molecule has 2 aromatic carbocycles. The number of thiocarbonyl (C=S) groups is 1. The highest BCUT2D eigenvalue weighted by atomic mass is 32.2. The van der Waals surface area contributed by atoms with Crippen LogP contribution in [0.2, 0.25) is 0 Å². The van der Waals surface area contributed by atoms with Crippen molar-refractivity contribution in [1.29, 1.82) is 0 Å². The Morgan fingerprint density at radius 2 is 1.62 bits per heavy atom. The number of carbonyl (C=O) groups excluding carboxylic acids is 1. The van der Waals surface area contributed by atoms with Gasteiger partial charge in [0.15, 0.2) is 5.11 Å². The van der Waals surface area contributed by atoms with Crippen molar-refractivity contribution < 1.29 is 13.2 Å². The van der Waals surface area contributed by atoms with Gasteiger partial charge in [0.2, 0.25) is 5.91 Å². The van der Waals surface area contributed by atoms with Gasteiger partial charge in [-0.1, -0.05) is 18.2 Å². The predicted molar refractivity (Wildman–Crippen MR) is 98.5 cm³/mol. The molecule has 2 rings (SSSR count). The second-order valence-corrected chi connectivity index (χ2v) is 7.08. The second-order valence-electron chi connectivity index (χ2n) is 5.01. The third-order valence-corrected chi connectivity index (χ3v) is 4.97. The number of nitrogens with one attached hydrogen (secondary N) is 2. The van der Waals surface area contributed by atoms with Crippen LogP contribution < -0.4 is 14.9 Å². The van der Waals surface area contributed by atoms with Crippen LogP contribution in [0.1, 0.15) is 6.92 Å². The number of para-hydroxylation sites is 1. The fourth-order valence-electron chi connectivity index (χ4n) is 1.94. The molecule has 126 valence electrons. The summed E-state index contributed by atoms with van der Waals surface area (Å²) in [6.45, 7) is 1.15. The van der Waals surface area contributed by atoms with Crippen molar-refractivity contribution in [3.05, 3.63) is 54.6 Å². The molecule has 24 heavy (non-hydrogen) atoms. The molecule has 1 amide bonds. The zero-order chi connectivity index (χ0) is 17.7. The summed E-state index contributed by atoms with van der Waals surface area (Å²) < 4.78 is 25.8. The molecule has 0 unspecified atom stereocenters.